The molecule has 1 aromatic carbocycles. The van der Waals surface area contributed by atoms with E-state index in [4.69, 9.17) is 21.1 Å². The number of nitrogens with one attached hydrogen (secondary N) is 1. The van der Waals surface area contributed by atoms with Gasteiger partial charge in [0.25, 0.3) is 0 Å². The van der Waals surface area contributed by atoms with Crippen LogP contribution in [0.2, 0.25) is 5.02 Å². The van der Waals surface area contributed by atoms with Gasteiger partial charge in [-0.05, 0) is 19.1 Å². The maximum atomic E-state index is 9.58. The van der Waals surface area contributed by atoms with E-state index in [0.29, 0.717) is 30.5 Å². The lowest BCUT2D eigenvalue weighted by molar-refractivity contribution is 0.0496. The Kier molecular flexibility index (Phi) is 6.11. The van der Waals surface area contributed by atoms with Crippen LogP contribution in [0.4, 0.5) is 5.69 Å². The molecule has 0 heterocycles. The summed E-state index contributed by atoms with van der Waals surface area (Å²) >= 11 is 5.91. The molecule has 96 valence electrons. The van der Waals surface area contributed by atoms with E-state index in [1.807, 2.05) is 13.0 Å². The molecule has 4 nitrogen and oxygen atoms in total. The molecular weight excluding hydrogens is 242 g/mol. The topological polar surface area (TPSA) is 50.7 Å². The van der Waals surface area contributed by atoms with Gasteiger partial charge in [-0.3, -0.25) is 0 Å². The molecule has 2 N–H and O–H groups in total. The first-order valence-electron chi connectivity index (χ1n) is 5.50. The van der Waals surface area contributed by atoms with Gasteiger partial charge in [-0.2, -0.15) is 0 Å². The summed E-state index contributed by atoms with van der Waals surface area (Å²) < 4.78 is 10.2. The summed E-state index contributed by atoms with van der Waals surface area (Å²) in [5.41, 5.74) is 0.849. The molecule has 0 fully saturated rings. The predicted molar refractivity (Wildman–Crippen MR) is 69.0 cm³/mol. The SMILES string of the molecule is CCOCC(O)CNc1ccc(Cl)c(OC)c1. The number of rotatable bonds is 7. The van der Waals surface area contributed by atoms with Crippen molar-refractivity contribution in [3.63, 3.8) is 0 Å². The molecule has 0 aliphatic carbocycles. The maximum absolute atomic E-state index is 9.58. The van der Waals surface area contributed by atoms with Crippen molar-refractivity contribution in [1.29, 1.82) is 0 Å². The Morgan fingerprint density at radius 2 is 2.24 bits per heavy atom. The van der Waals surface area contributed by atoms with Crippen molar-refractivity contribution in [1.82, 2.24) is 0 Å². The first-order valence-corrected chi connectivity index (χ1v) is 5.88. The van der Waals surface area contributed by atoms with Crippen molar-refractivity contribution in [2.75, 3.05) is 32.2 Å². The van der Waals surface area contributed by atoms with Gasteiger partial charge in [0.1, 0.15) is 5.75 Å². The quantitative estimate of drug-likeness (QED) is 0.788. The van der Waals surface area contributed by atoms with Crippen LogP contribution in [0.15, 0.2) is 18.2 Å². The van der Waals surface area contributed by atoms with E-state index >= 15 is 0 Å². The summed E-state index contributed by atoms with van der Waals surface area (Å²) in [5, 5.41) is 13.2. The molecule has 0 spiro atoms. The third kappa shape index (κ3) is 4.81. The summed E-state index contributed by atoms with van der Waals surface area (Å²) in [6.45, 7) is 3.25. The average Bonchev–Trinajstić information content (AvgIpc) is 2.35. The molecule has 1 aromatic rings. The lowest BCUT2D eigenvalue weighted by Crippen LogP contribution is -2.24. The van der Waals surface area contributed by atoms with Gasteiger partial charge in [0, 0.05) is 24.9 Å². The van der Waals surface area contributed by atoms with Gasteiger partial charge in [0.15, 0.2) is 0 Å². The van der Waals surface area contributed by atoms with Crippen LogP contribution in [0.3, 0.4) is 0 Å². The Bertz CT molecular complexity index is 347. The number of ether oxygens (including phenoxy) is 2. The minimum absolute atomic E-state index is 0.328. The predicted octanol–water partition coefficient (Wildman–Crippen LogP) is 2.16. The summed E-state index contributed by atoms with van der Waals surface area (Å²) in [7, 11) is 1.56. The second-order valence-electron chi connectivity index (χ2n) is 3.54. The van der Waals surface area contributed by atoms with E-state index in [1.165, 1.54) is 0 Å². The molecule has 0 radical (unpaired) electrons. The van der Waals surface area contributed by atoms with Gasteiger partial charge in [-0.1, -0.05) is 11.6 Å². The second kappa shape index (κ2) is 7.37. The molecule has 5 heteroatoms. The monoisotopic (exact) mass is 259 g/mol. The van der Waals surface area contributed by atoms with E-state index in [9.17, 15) is 5.11 Å². The summed E-state index contributed by atoms with van der Waals surface area (Å²) in [4.78, 5) is 0. The van der Waals surface area contributed by atoms with Crippen LogP contribution >= 0.6 is 11.6 Å². The number of aliphatic hydroxyl groups is 1. The molecule has 0 amide bonds. The molecule has 0 saturated heterocycles. The summed E-state index contributed by atoms with van der Waals surface area (Å²) in [6.07, 6.45) is -0.531. The van der Waals surface area contributed by atoms with Crippen molar-refractivity contribution in [2.24, 2.45) is 0 Å². The van der Waals surface area contributed by atoms with Crippen LogP contribution in [-0.4, -0.2) is 38.1 Å². The second-order valence-corrected chi connectivity index (χ2v) is 3.95. The van der Waals surface area contributed by atoms with Crippen molar-refractivity contribution in [3.8, 4) is 5.75 Å². The lowest BCUT2D eigenvalue weighted by atomic mass is 10.3. The summed E-state index contributed by atoms with van der Waals surface area (Å²) in [6, 6.07) is 5.37. The molecule has 0 saturated carbocycles. The van der Waals surface area contributed by atoms with Crippen LogP contribution in [0.25, 0.3) is 0 Å². The molecule has 1 unspecified atom stereocenters. The lowest BCUT2D eigenvalue weighted by Gasteiger charge is -2.13. The van der Waals surface area contributed by atoms with Crippen LogP contribution in [-0.2, 0) is 4.74 Å². The van der Waals surface area contributed by atoms with Gasteiger partial charge in [-0.15, -0.1) is 0 Å². The van der Waals surface area contributed by atoms with Gasteiger partial charge in [0.05, 0.1) is 24.8 Å². The number of aliphatic hydroxyl groups excluding tert-OH is 1. The van der Waals surface area contributed by atoms with E-state index in [2.05, 4.69) is 5.32 Å². The molecule has 1 atom stereocenters. The number of hydrogen-bond donors (Lipinski definition) is 2. The maximum Gasteiger partial charge on any atom is 0.139 e. The Balaban J connectivity index is 2.46. The zero-order valence-corrected chi connectivity index (χ0v) is 10.8. The molecule has 1 rings (SSSR count). The highest BCUT2D eigenvalue weighted by Gasteiger charge is 2.05. The minimum atomic E-state index is -0.531. The Morgan fingerprint density at radius 3 is 2.88 bits per heavy atom. The van der Waals surface area contributed by atoms with E-state index in [1.54, 1.807) is 19.2 Å². The van der Waals surface area contributed by atoms with Crippen LogP contribution < -0.4 is 10.1 Å². The number of methoxy groups -OCH3 is 1. The zero-order chi connectivity index (χ0) is 12.7. The highest BCUT2D eigenvalue weighted by atomic mass is 35.5. The van der Waals surface area contributed by atoms with Crippen LogP contribution in [0, 0.1) is 0 Å². The van der Waals surface area contributed by atoms with Gasteiger partial charge in [0.2, 0.25) is 0 Å². The first-order chi connectivity index (χ1) is 8.17. The molecule has 0 aliphatic heterocycles. The largest absolute Gasteiger partial charge is 0.495 e. The van der Waals surface area contributed by atoms with Gasteiger partial charge >= 0.3 is 0 Å². The van der Waals surface area contributed by atoms with Crippen molar-refractivity contribution in [3.05, 3.63) is 23.2 Å². The van der Waals surface area contributed by atoms with Gasteiger partial charge in [-0.25, -0.2) is 0 Å². The van der Waals surface area contributed by atoms with Gasteiger partial charge < -0.3 is 19.9 Å². The molecule has 0 aromatic heterocycles. The molecule has 0 bridgehead atoms. The molecule has 0 aliphatic rings. The number of anilines is 1. The van der Waals surface area contributed by atoms with Crippen molar-refractivity contribution in [2.45, 2.75) is 13.0 Å². The highest BCUT2D eigenvalue weighted by molar-refractivity contribution is 6.32. The number of hydrogen-bond acceptors (Lipinski definition) is 4. The zero-order valence-electron chi connectivity index (χ0n) is 10.1. The van der Waals surface area contributed by atoms with Crippen LogP contribution in [0.1, 0.15) is 6.92 Å². The third-order valence-corrected chi connectivity index (χ3v) is 2.52. The summed E-state index contributed by atoms with van der Waals surface area (Å²) in [5.74, 6) is 0.607. The van der Waals surface area contributed by atoms with E-state index in [-0.39, 0.29) is 0 Å². The Labute approximate surface area is 106 Å². The Hall–Kier alpha value is -0.970. The standard InChI is InChI=1S/C12H18ClNO3/c1-3-17-8-10(15)7-14-9-4-5-11(13)12(6-9)16-2/h4-6,10,14-15H,3,7-8H2,1-2H3. The van der Waals surface area contributed by atoms with E-state index in [0.717, 1.165) is 5.69 Å². The molecule has 17 heavy (non-hydrogen) atoms. The normalized spacial score (nSPS) is 12.2. The first kappa shape index (κ1) is 14.1. The average molecular weight is 260 g/mol. The number of halogens is 1. The smallest absolute Gasteiger partial charge is 0.139 e. The molecular formula is C12H18ClNO3. The van der Waals surface area contributed by atoms with Crippen molar-refractivity contribution >= 4 is 17.3 Å². The minimum Gasteiger partial charge on any atom is -0.495 e. The van der Waals surface area contributed by atoms with Crippen molar-refractivity contribution < 1.29 is 14.6 Å². The fraction of sp³-hybridized carbons (Fsp3) is 0.500. The van der Waals surface area contributed by atoms with E-state index < -0.39 is 6.10 Å². The highest BCUT2D eigenvalue weighted by Crippen LogP contribution is 2.27. The van der Waals surface area contributed by atoms with Crippen LogP contribution in [0.5, 0.6) is 5.75 Å². The third-order valence-electron chi connectivity index (χ3n) is 2.21. The Morgan fingerprint density at radius 1 is 1.47 bits per heavy atom. The fourth-order valence-corrected chi connectivity index (χ4v) is 1.51. The number of benzene rings is 1. The fourth-order valence-electron chi connectivity index (χ4n) is 1.32.